The van der Waals surface area contributed by atoms with Crippen LogP contribution in [0, 0.1) is 0 Å². The van der Waals surface area contributed by atoms with Crippen LogP contribution in [-0.2, 0) is 28.4 Å². The average Bonchev–Trinajstić information content (AvgIpc) is 2.97. The van der Waals surface area contributed by atoms with E-state index in [1.54, 1.807) is 0 Å². The number of hydrogen-bond acceptors (Lipinski definition) is 10. The molecular formula is C12H18O12. The lowest BCUT2D eigenvalue weighted by Gasteiger charge is -1.98. The Morgan fingerprint density at radius 1 is 1.17 bits per heavy atom. The topological polar surface area (TPSA) is 164 Å². The predicted molar refractivity (Wildman–Crippen MR) is 73.8 cm³/mol. The maximum atomic E-state index is 10.1. The van der Waals surface area contributed by atoms with Gasteiger partial charge in [-0.25, -0.2) is 19.2 Å². The Balaban J connectivity index is 0. The molecule has 1 rings (SSSR count). The summed E-state index contributed by atoms with van der Waals surface area (Å²) >= 11 is 0. The normalized spacial score (nSPS) is 14.1. The Morgan fingerprint density at radius 3 is 1.79 bits per heavy atom. The van der Waals surface area contributed by atoms with Gasteiger partial charge in [0.1, 0.15) is 19.8 Å². The molecule has 138 valence electrons. The summed E-state index contributed by atoms with van der Waals surface area (Å²) in [6, 6.07) is 0. The van der Waals surface area contributed by atoms with Crippen molar-refractivity contribution in [3.8, 4) is 0 Å². The fourth-order valence-electron chi connectivity index (χ4n) is 0.799. The second-order valence-electron chi connectivity index (χ2n) is 3.34. The SMILES string of the molecule is C=CC1COC(=O)O1.COC(=O)OC.O=C(O)OCCOC(=O)O. The van der Waals surface area contributed by atoms with Crippen molar-refractivity contribution < 1.29 is 57.8 Å². The quantitative estimate of drug-likeness (QED) is 0.324. The van der Waals surface area contributed by atoms with Crippen LogP contribution in [0.1, 0.15) is 0 Å². The predicted octanol–water partition coefficient (Wildman–Crippen LogP) is 1.48. The van der Waals surface area contributed by atoms with Crippen molar-refractivity contribution in [1.29, 1.82) is 0 Å². The Morgan fingerprint density at radius 2 is 1.62 bits per heavy atom. The van der Waals surface area contributed by atoms with Gasteiger partial charge in [0.05, 0.1) is 14.2 Å². The summed E-state index contributed by atoms with van der Waals surface area (Å²) in [7, 11) is 2.51. The number of rotatable bonds is 4. The van der Waals surface area contributed by atoms with E-state index in [0.717, 1.165) is 0 Å². The summed E-state index contributed by atoms with van der Waals surface area (Å²) in [5.74, 6) is 0. The van der Waals surface area contributed by atoms with Crippen LogP contribution in [-0.4, -0.2) is 75.0 Å². The number of carboxylic acid groups (broad SMARTS) is 2. The molecule has 1 unspecified atom stereocenters. The first-order chi connectivity index (χ1) is 11.3. The van der Waals surface area contributed by atoms with Crippen molar-refractivity contribution in [1.82, 2.24) is 0 Å². The fraction of sp³-hybridized carbons (Fsp3) is 0.500. The Hall–Kier alpha value is -3.18. The molecule has 0 spiro atoms. The first kappa shape index (κ1) is 23.1. The van der Waals surface area contributed by atoms with Gasteiger partial charge in [-0.1, -0.05) is 6.58 Å². The molecule has 0 aliphatic carbocycles. The van der Waals surface area contributed by atoms with Gasteiger partial charge in [0.2, 0.25) is 0 Å². The number of carbonyl (C=O) groups excluding carboxylic acids is 2. The van der Waals surface area contributed by atoms with Crippen LogP contribution < -0.4 is 0 Å². The summed E-state index contributed by atoms with van der Waals surface area (Å²) < 4.78 is 24.9. The van der Waals surface area contributed by atoms with Gasteiger partial charge in [-0.15, -0.1) is 0 Å². The fourth-order valence-corrected chi connectivity index (χ4v) is 0.799. The minimum atomic E-state index is -1.45. The van der Waals surface area contributed by atoms with Gasteiger partial charge in [-0.05, 0) is 6.08 Å². The second-order valence-corrected chi connectivity index (χ2v) is 3.34. The molecule has 0 saturated carbocycles. The Labute approximate surface area is 136 Å². The van der Waals surface area contributed by atoms with Crippen LogP contribution in [0.15, 0.2) is 12.7 Å². The number of cyclic esters (lactones) is 2. The van der Waals surface area contributed by atoms with E-state index in [9.17, 15) is 19.2 Å². The summed E-state index contributed by atoms with van der Waals surface area (Å²) in [5.41, 5.74) is 0. The molecule has 1 atom stereocenters. The van der Waals surface area contributed by atoms with Gasteiger partial charge < -0.3 is 38.6 Å². The highest BCUT2D eigenvalue weighted by Crippen LogP contribution is 2.05. The lowest BCUT2D eigenvalue weighted by molar-refractivity contribution is 0.0472. The van der Waals surface area contributed by atoms with E-state index in [1.807, 2.05) is 0 Å². The van der Waals surface area contributed by atoms with E-state index in [-0.39, 0.29) is 19.3 Å². The van der Waals surface area contributed by atoms with Crippen molar-refractivity contribution in [3.63, 3.8) is 0 Å². The molecule has 0 bridgehead atoms. The smallest absolute Gasteiger partial charge is 0.450 e. The van der Waals surface area contributed by atoms with Gasteiger partial charge in [-0.2, -0.15) is 0 Å². The van der Waals surface area contributed by atoms with E-state index in [1.165, 1.54) is 20.3 Å². The molecule has 1 aliphatic heterocycles. The molecule has 24 heavy (non-hydrogen) atoms. The highest BCUT2D eigenvalue weighted by Gasteiger charge is 2.20. The third kappa shape index (κ3) is 16.9. The highest BCUT2D eigenvalue weighted by molar-refractivity contribution is 5.62. The maximum absolute atomic E-state index is 10.1. The lowest BCUT2D eigenvalue weighted by atomic mass is 10.4. The van der Waals surface area contributed by atoms with Crippen molar-refractivity contribution >= 4 is 24.6 Å². The summed E-state index contributed by atoms with van der Waals surface area (Å²) in [6.45, 7) is 3.18. The molecule has 1 saturated heterocycles. The minimum absolute atomic E-state index is 0.234. The van der Waals surface area contributed by atoms with E-state index in [2.05, 4.69) is 35.0 Å². The van der Waals surface area contributed by atoms with Gasteiger partial charge in [0.15, 0.2) is 6.10 Å². The van der Waals surface area contributed by atoms with Gasteiger partial charge >= 0.3 is 24.6 Å². The van der Waals surface area contributed by atoms with Gasteiger partial charge in [0.25, 0.3) is 0 Å². The molecule has 0 aromatic heterocycles. The number of methoxy groups -OCH3 is 2. The Bertz CT molecular complexity index is 396. The molecule has 0 amide bonds. The molecule has 0 radical (unpaired) electrons. The van der Waals surface area contributed by atoms with Gasteiger partial charge in [0, 0.05) is 0 Å². The van der Waals surface area contributed by atoms with Crippen LogP contribution >= 0.6 is 0 Å². The van der Waals surface area contributed by atoms with Gasteiger partial charge in [-0.3, -0.25) is 0 Å². The van der Waals surface area contributed by atoms with Crippen molar-refractivity contribution in [2.75, 3.05) is 34.0 Å². The number of ether oxygens (including phenoxy) is 6. The molecule has 1 heterocycles. The van der Waals surface area contributed by atoms with Crippen LogP contribution in [0.5, 0.6) is 0 Å². The highest BCUT2D eigenvalue weighted by atomic mass is 16.8. The maximum Gasteiger partial charge on any atom is 0.509 e. The van der Waals surface area contributed by atoms with E-state index in [0.29, 0.717) is 6.61 Å². The Kier molecular flexibility index (Phi) is 14.2. The molecule has 12 heteroatoms. The molecule has 12 nitrogen and oxygen atoms in total. The summed E-state index contributed by atoms with van der Waals surface area (Å²) in [4.78, 5) is 39.1. The van der Waals surface area contributed by atoms with Crippen LogP contribution in [0.2, 0.25) is 0 Å². The van der Waals surface area contributed by atoms with Crippen LogP contribution in [0.25, 0.3) is 0 Å². The van der Waals surface area contributed by atoms with E-state index >= 15 is 0 Å². The number of hydrogen-bond donors (Lipinski definition) is 2. The monoisotopic (exact) mass is 354 g/mol. The minimum Gasteiger partial charge on any atom is -0.450 e. The summed E-state index contributed by atoms with van der Waals surface area (Å²) in [6.07, 6.45) is -2.86. The zero-order valence-corrected chi connectivity index (χ0v) is 13.0. The third-order valence-corrected chi connectivity index (χ3v) is 1.74. The molecular weight excluding hydrogens is 336 g/mol. The third-order valence-electron chi connectivity index (χ3n) is 1.74. The zero-order valence-electron chi connectivity index (χ0n) is 13.0. The molecule has 0 aromatic rings. The first-order valence-corrected chi connectivity index (χ1v) is 6.06. The largest absolute Gasteiger partial charge is 0.509 e. The standard InChI is InChI=1S/C5H6O3.C4H6O6.C3H6O3/c1-2-4-3-7-5(6)8-4;5-3(6)9-1-2-10-4(7)8;1-5-3(4)6-2/h2,4H,1,3H2;1-2H2,(H,5,6)(H,7,8);1-2H3. The first-order valence-electron chi connectivity index (χ1n) is 6.06. The van der Waals surface area contributed by atoms with Crippen molar-refractivity contribution in [2.45, 2.75) is 6.10 Å². The number of carbonyl (C=O) groups is 4. The average molecular weight is 354 g/mol. The van der Waals surface area contributed by atoms with Crippen LogP contribution in [0.4, 0.5) is 19.2 Å². The summed E-state index contributed by atoms with van der Waals surface area (Å²) in [5, 5.41) is 15.7. The molecule has 0 aromatic carbocycles. The molecule has 1 fully saturated rings. The van der Waals surface area contributed by atoms with E-state index in [4.69, 9.17) is 10.2 Å². The zero-order chi connectivity index (χ0) is 19.0. The molecule has 2 N–H and O–H groups in total. The van der Waals surface area contributed by atoms with Crippen molar-refractivity contribution in [2.24, 2.45) is 0 Å². The van der Waals surface area contributed by atoms with E-state index < -0.39 is 24.6 Å². The second kappa shape index (κ2) is 14.7. The van der Waals surface area contributed by atoms with Crippen LogP contribution in [0.3, 0.4) is 0 Å². The molecule has 1 aliphatic rings. The van der Waals surface area contributed by atoms with Crippen molar-refractivity contribution in [3.05, 3.63) is 12.7 Å². The lowest BCUT2D eigenvalue weighted by Crippen LogP contribution is -2.10.